The van der Waals surface area contributed by atoms with Crippen LogP contribution in [-0.4, -0.2) is 30.3 Å². The van der Waals surface area contributed by atoms with E-state index in [4.69, 9.17) is 4.74 Å². The molecule has 1 aromatic rings. The zero-order valence-corrected chi connectivity index (χ0v) is 12.0. The van der Waals surface area contributed by atoms with Crippen molar-refractivity contribution in [1.29, 1.82) is 0 Å². The number of rotatable bonds is 8. The molecule has 2 rings (SSSR count). The van der Waals surface area contributed by atoms with Crippen LogP contribution in [0.15, 0.2) is 24.4 Å². The van der Waals surface area contributed by atoms with E-state index in [1.165, 1.54) is 37.8 Å². The average Bonchev–Trinajstić information content (AvgIpc) is 2.93. The van der Waals surface area contributed by atoms with Crippen LogP contribution < -0.4 is 5.32 Å². The second kappa shape index (κ2) is 8.28. The summed E-state index contributed by atoms with van der Waals surface area (Å²) in [7, 11) is 0. The standard InChI is InChI=1S/C16H26N2O/c1-2-17-14(13-15-7-3-4-11-18-15)8-5-9-16-10-6-12-19-16/h3-4,7,11,14,16-17H,2,5-6,8-10,12-13H2,1H3. The third kappa shape index (κ3) is 5.29. The number of nitrogens with one attached hydrogen (secondary N) is 1. The van der Waals surface area contributed by atoms with E-state index in [1.54, 1.807) is 0 Å². The minimum atomic E-state index is 0.525. The van der Waals surface area contributed by atoms with Crippen LogP contribution in [0, 0.1) is 0 Å². The van der Waals surface area contributed by atoms with E-state index in [-0.39, 0.29) is 0 Å². The number of ether oxygens (including phenoxy) is 1. The fraction of sp³-hybridized carbons (Fsp3) is 0.688. The molecule has 3 heteroatoms. The van der Waals surface area contributed by atoms with Crippen LogP contribution in [0.1, 0.15) is 44.7 Å². The molecule has 0 amide bonds. The smallest absolute Gasteiger partial charge is 0.0576 e. The molecule has 0 spiro atoms. The summed E-state index contributed by atoms with van der Waals surface area (Å²) < 4.78 is 5.68. The number of hydrogen-bond acceptors (Lipinski definition) is 3. The van der Waals surface area contributed by atoms with E-state index in [2.05, 4.69) is 29.4 Å². The summed E-state index contributed by atoms with van der Waals surface area (Å²) >= 11 is 0. The van der Waals surface area contributed by atoms with E-state index >= 15 is 0 Å². The highest BCUT2D eigenvalue weighted by Crippen LogP contribution is 2.18. The van der Waals surface area contributed by atoms with Gasteiger partial charge in [-0.1, -0.05) is 13.0 Å². The van der Waals surface area contributed by atoms with Crippen molar-refractivity contribution < 1.29 is 4.74 Å². The van der Waals surface area contributed by atoms with Crippen LogP contribution >= 0.6 is 0 Å². The Morgan fingerprint density at radius 1 is 1.47 bits per heavy atom. The number of pyridine rings is 1. The minimum Gasteiger partial charge on any atom is -0.378 e. The van der Waals surface area contributed by atoms with Crippen molar-refractivity contribution in [1.82, 2.24) is 10.3 Å². The van der Waals surface area contributed by atoms with Gasteiger partial charge >= 0.3 is 0 Å². The summed E-state index contributed by atoms with van der Waals surface area (Å²) in [6.07, 6.45) is 9.60. The molecule has 1 fully saturated rings. The first-order chi connectivity index (χ1) is 9.38. The molecule has 2 unspecified atom stereocenters. The predicted molar refractivity (Wildman–Crippen MR) is 78.2 cm³/mol. The van der Waals surface area contributed by atoms with Gasteiger partial charge in [-0.05, 0) is 50.8 Å². The van der Waals surface area contributed by atoms with Gasteiger partial charge in [-0.25, -0.2) is 0 Å². The molecule has 1 aliphatic rings. The zero-order valence-electron chi connectivity index (χ0n) is 12.0. The first kappa shape index (κ1) is 14.5. The van der Waals surface area contributed by atoms with Gasteiger partial charge in [0.25, 0.3) is 0 Å². The largest absolute Gasteiger partial charge is 0.378 e. The van der Waals surface area contributed by atoms with E-state index in [0.29, 0.717) is 12.1 Å². The van der Waals surface area contributed by atoms with Gasteiger partial charge in [0.05, 0.1) is 6.10 Å². The van der Waals surface area contributed by atoms with Gasteiger partial charge in [-0.3, -0.25) is 4.98 Å². The fourth-order valence-corrected chi connectivity index (χ4v) is 2.80. The van der Waals surface area contributed by atoms with Crippen molar-refractivity contribution >= 4 is 0 Å². The van der Waals surface area contributed by atoms with Gasteiger partial charge in [0, 0.05) is 31.0 Å². The Morgan fingerprint density at radius 2 is 2.42 bits per heavy atom. The second-order valence-electron chi connectivity index (χ2n) is 5.35. The molecule has 1 aromatic heterocycles. The van der Waals surface area contributed by atoms with Crippen molar-refractivity contribution in [2.75, 3.05) is 13.2 Å². The zero-order chi connectivity index (χ0) is 13.3. The van der Waals surface area contributed by atoms with Crippen molar-refractivity contribution in [3.63, 3.8) is 0 Å². The molecule has 0 aromatic carbocycles. The lowest BCUT2D eigenvalue weighted by Gasteiger charge is -2.18. The van der Waals surface area contributed by atoms with Crippen molar-refractivity contribution in [2.24, 2.45) is 0 Å². The molecule has 106 valence electrons. The maximum Gasteiger partial charge on any atom is 0.0576 e. The Morgan fingerprint density at radius 3 is 3.11 bits per heavy atom. The molecule has 1 aliphatic heterocycles. The monoisotopic (exact) mass is 262 g/mol. The van der Waals surface area contributed by atoms with Crippen LogP contribution in [-0.2, 0) is 11.2 Å². The highest BCUT2D eigenvalue weighted by molar-refractivity contribution is 5.05. The van der Waals surface area contributed by atoms with Gasteiger partial charge < -0.3 is 10.1 Å². The Labute approximate surface area is 116 Å². The summed E-state index contributed by atoms with van der Waals surface area (Å²) in [4.78, 5) is 4.42. The first-order valence-corrected chi connectivity index (χ1v) is 7.63. The average molecular weight is 262 g/mol. The molecule has 2 atom stereocenters. The lowest BCUT2D eigenvalue weighted by Crippen LogP contribution is -2.31. The Kier molecular flexibility index (Phi) is 6.31. The lowest BCUT2D eigenvalue weighted by atomic mass is 10.0. The Hall–Kier alpha value is -0.930. The molecule has 0 radical (unpaired) electrons. The van der Waals surface area contributed by atoms with E-state index in [1.807, 2.05) is 12.3 Å². The first-order valence-electron chi connectivity index (χ1n) is 7.63. The number of hydrogen-bond donors (Lipinski definition) is 1. The van der Waals surface area contributed by atoms with Gasteiger partial charge in [0.1, 0.15) is 0 Å². The summed E-state index contributed by atoms with van der Waals surface area (Å²) in [6, 6.07) is 6.70. The number of aromatic nitrogens is 1. The Bertz CT molecular complexity index is 336. The van der Waals surface area contributed by atoms with Crippen LogP contribution in [0.4, 0.5) is 0 Å². The van der Waals surface area contributed by atoms with Crippen molar-refractivity contribution in [3.05, 3.63) is 30.1 Å². The summed E-state index contributed by atoms with van der Waals surface area (Å²) in [5.41, 5.74) is 1.19. The maximum absolute atomic E-state index is 5.68. The SMILES string of the molecule is CCNC(CCCC1CCCO1)Cc1ccccn1. The molecule has 0 saturated carbocycles. The molecule has 0 bridgehead atoms. The normalized spacial score (nSPS) is 20.6. The van der Waals surface area contributed by atoms with E-state index in [0.717, 1.165) is 19.6 Å². The third-order valence-electron chi connectivity index (χ3n) is 3.78. The molecule has 1 N–H and O–H groups in total. The van der Waals surface area contributed by atoms with Crippen molar-refractivity contribution in [3.8, 4) is 0 Å². The maximum atomic E-state index is 5.68. The molecule has 1 saturated heterocycles. The van der Waals surface area contributed by atoms with Gasteiger partial charge in [-0.2, -0.15) is 0 Å². The van der Waals surface area contributed by atoms with E-state index < -0.39 is 0 Å². The van der Waals surface area contributed by atoms with Crippen LogP contribution in [0.25, 0.3) is 0 Å². The van der Waals surface area contributed by atoms with Gasteiger partial charge in [0.15, 0.2) is 0 Å². The summed E-state index contributed by atoms with van der Waals surface area (Å²) in [6.45, 7) is 4.16. The molecule has 19 heavy (non-hydrogen) atoms. The minimum absolute atomic E-state index is 0.525. The molecular formula is C16H26N2O. The van der Waals surface area contributed by atoms with Gasteiger partial charge in [-0.15, -0.1) is 0 Å². The molecule has 2 heterocycles. The van der Waals surface area contributed by atoms with Gasteiger partial charge in [0.2, 0.25) is 0 Å². The highest BCUT2D eigenvalue weighted by atomic mass is 16.5. The van der Waals surface area contributed by atoms with E-state index in [9.17, 15) is 0 Å². The summed E-state index contributed by atoms with van der Waals surface area (Å²) in [5, 5.41) is 3.58. The van der Waals surface area contributed by atoms with Crippen LogP contribution in [0.3, 0.4) is 0 Å². The predicted octanol–water partition coefficient (Wildman–Crippen LogP) is 2.95. The quantitative estimate of drug-likeness (QED) is 0.782. The molecular weight excluding hydrogens is 236 g/mol. The highest BCUT2D eigenvalue weighted by Gasteiger charge is 2.16. The fourth-order valence-electron chi connectivity index (χ4n) is 2.80. The Balaban J connectivity index is 1.72. The van der Waals surface area contributed by atoms with Crippen LogP contribution in [0.5, 0.6) is 0 Å². The summed E-state index contributed by atoms with van der Waals surface area (Å²) in [5.74, 6) is 0. The number of nitrogens with zero attached hydrogens (tertiary/aromatic N) is 1. The second-order valence-corrected chi connectivity index (χ2v) is 5.35. The topological polar surface area (TPSA) is 34.1 Å². The third-order valence-corrected chi connectivity index (χ3v) is 3.78. The molecule has 3 nitrogen and oxygen atoms in total. The number of likely N-dealkylation sites (N-methyl/N-ethyl adjacent to an activating group) is 1. The van der Waals surface area contributed by atoms with Crippen LogP contribution in [0.2, 0.25) is 0 Å². The molecule has 0 aliphatic carbocycles. The van der Waals surface area contributed by atoms with Crippen molar-refractivity contribution in [2.45, 2.75) is 57.6 Å². The lowest BCUT2D eigenvalue weighted by molar-refractivity contribution is 0.101.